The Morgan fingerprint density at radius 1 is 0.200 bits per heavy atom. The fraction of sp³-hybridized carbons (Fsp3) is 1.00. The van der Waals surface area contributed by atoms with Crippen molar-refractivity contribution in [2.75, 3.05) is 0 Å². The van der Waals surface area contributed by atoms with E-state index < -0.39 is 52.8 Å². The van der Waals surface area contributed by atoms with E-state index in [0.717, 1.165) is 0 Å². The van der Waals surface area contributed by atoms with Crippen molar-refractivity contribution in [3.63, 3.8) is 0 Å². The van der Waals surface area contributed by atoms with Gasteiger partial charge < -0.3 is 0 Å². The van der Waals surface area contributed by atoms with Gasteiger partial charge in [-0.1, -0.05) is 0 Å². The fourth-order valence-electron chi connectivity index (χ4n) is 2.72. The van der Waals surface area contributed by atoms with Gasteiger partial charge in [0.05, 0.1) is 0 Å². The maximum absolute atomic E-state index is 13.9. The maximum atomic E-state index is 13.9. The van der Waals surface area contributed by atoms with Crippen LogP contribution in [-0.2, 0) is 0 Å². The summed E-state index contributed by atoms with van der Waals surface area (Å²) in [5, 5.41) is 0. The third kappa shape index (κ3) is 1.26. The second kappa shape index (κ2) is 3.92. The molecule has 148 valence electrons. The molecule has 2 aliphatic carbocycles. The van der Waals surface area contributed by atoms with Crippen LogP contribution in [0.3, 0.4) is 0 Å². The second-order valence-corrected chi connectivity index (χ2v) is 5.34. The molecular weight excluding hydrogens is 412 g/mol. The van der Waals surface area contributed by atoms with Crippen LogP contribution < -0.4 is 0 Å². The van der Waals surface area contributed by atoms with Crippen molar-refractivity contribution in [1.29, 1.82) is 0 Å². The molecule has 2 rings (SSSR count). The standard InChI is InChI=1S/C9F16/c10-1-2(11,4(14,15)7(20,21)3(1,12)13)6(18,19)9(24,25)8(22,23)5(1,16)17/t1-,2-/m1/s1. The third-order valence-corrected chi connectivity index (χ3v) is 4.18. The van der Waals surface area contributed by atoms with E-state index in [1.807, 2.05) is 0 Å². The number of halogens is 16. The van der Waals surface area contributed by atoms with Crippen molar-refractivity contribution in [3.05, 3.63) is 0 Å². The average molecular weight is 412 g/mol. The molecule has 0 nitrogen and oxygen atoms in total. The Hall–Kier alpha value is -1.12. The molecule has 0 unspecified atom stereocenters. The molecule has 0 saturated heterocycles. The molecule has 2 aliphatic rings. The van der Waals surface area contributed by atoms with Crippen LogP contribution in [0.4, 0.5) is 70.2 Å². The molecule has 0 aromatic rings. The van der Waals surface area contributed by atoms with Gasteiger partial charge in [-0.3, -0.25) is 0 Å². The minimum atomic E-state index is -8.10. The maximum Gasteiger partial charge on any atom is 0.382 e. The molecule has 25 heavy (non-hydrogen) atoms. The zero-order valence-corrected chi connectivity index (χ0v) is 10.5. The molecule has 16 heteroatoms. The first-order valence-electron chi connectivity index (χ1n) is 5.52. The Bertz CT molecular complexity index is 565. The van der Waals surface area contributed by atoms with Crippen LogP contribution in [-0.4, -0.2) is 52.8 Å². The number of fused-ring (bicyclic) bond motifs is 1. The summed E-state index contributed by atoms with van der Waals surface area (Å²) >= 11 is 0. The van der Waals surface area contributed by atoms with E-state index in [0.29, 0.717) is 0 Å². The minimum absolute atomic E-state index is 7.80. The Kier molecular flexibility index (Phi) is 3.16. The van der Waals surface area contributed by atoms with Crippen LogP contribution in [0.25, 0.3) is 0 Å². The highest BCUT2D eigenvalue weighted by Crippen LogP contribution is 2.81. The largest absolute Gasteiger partial charge is 0.382 e. The third-order valence-electron chi connectivity index (χ3n) is 4.18. The summed E-state index contributed by atoms with van der Waals surface area (Å²) in [6.45, 7) is 0. The lowest BCUT2D eigenvalue weighted by atomic mass is 9.65. The van der Waals surface area contributed by atoms with Gasteiger partial charge in [0.2, 0.25) is 0 Å². The Labute approximate surface area is 124 Å². The molecule has 0 aromatic carbocycles. The Morgan fingerprint density at radius 2 is 0.320 bits per heavy atom. The van der Waals surface area contributed by atoms with Gasteiger partial charge in [-0.05, 0) is 0 Å². The van der Waals surface area contributed by atoms with Gasteiger partial charge in [-0.15, -0.1) is 0 Å². The molecule has 0 spiro atoms. The zero-order chi connectivity index (χ0) is 20.5. The van der Waals surface area contributed by atoms with Gasteiger partial charge in [0, 0.05) is 0 Å². The summed E-state index contributed by atoms with van der Waals surface area (Å²) in [7, 11) is 0. The lowest BCUT2D eigenvalue weighted by Crippen LogP contribution is -2.88. The predicted octanol–water partition coefficient (Wildman–Crippen LogP) is 4.88. The molecule has 0 N–H and O–H groups in total. The van der Waals surface area contributed by atoms with Crippen molar-refractivity contribution in [1.82, 2.24) is 0 Å². The first-order chi connectivity index (χ1) is 10.5. The summed E-state index contributed by atoms with van der Waals surface area (Å²) in [5.74, 6) is -55.8. The van der Waals surface area contributed by atoms with Crippen LogP contribution in [0, 0.1) is 0 Å². The smallest absolute Gasteiger partial charge is 0.226 e. The minimum Gasteiger partial charge on any atom is -0.226 e. The molecule has 2 fully saturated rings. The van der Waals surface area contributed by atoms with Crippen molar-refractivity contribution in [3.8, 4) is 0 Å². The normalized spacial score (nSPS) is 44.2. The highest BCUT2D eigenvalue weighted by atomic mass is 19.4. The van der Waals surface area contributed by atoms with Crippen molar-refractivity contribution < 1.29 is 70.2 Å². The van der Waals surface area contributed by atoms with E-state index in [1.165, 1.54) is 0 Å². The highest BCUT2D eigenvalue weighted by Gasteiger charge is 3.16. The topological polar surface area (TPSA) is 0 Å². The number of hydrogen-bond donors (Lipinski definition) is 0. The van der Waals surface area contributed by atoms with Gasteiger partial charge >= 0.3 is 41.5 Å². The van der Waals surface area contributed by atoms with E-state index in [2.05, 4.69) is 0 Å². The van der Waals surface area contributed by atoms with Crippen molar-refractivity contribution >= 4 is 0 Å². The molecule has 2 saturated carbocycles. The van der Waals surface area contributed by atoms with Gasteiger partial charge in [0.15, 0.2) is 0 Å². The summed E-state index contributed by atoms with van der Waals surface area (Å²) in [4.78, 5) is 0. The lowest BCUT2D eigenvalue weighted by molar-refractivity contribution is -0.485. The first kappa shape index (κ1) is 20.2. The molecule has 0 bridgehead atoms. The van der Waals surface area contributed by atoms with E-state index >= 15 is 0 Å². The lowest BCUT2D eigenvalue weighted by Gasteiger charge is -2.53. The SMILES string of the molecule is FC1(F)C(F)(F)C(F)(F)[C@]2(F)C(F)(F)C(F)(F)C(F)(F)[C@@]2(F)C1(F)F. The first-order valence-corrected chi connectivity index (χ1v) is 5.52. The van der Waals surface area contributed by atoms with Crippen LogP contribution in [0.15, 0.2) is 0 Å². The molecule has 0 aromatic heterocycles. The molecule has 0 heterocycles. The Morgan fingerprint density at radius 3 is 0.480 bits per heavy atom. The van der Waals surface area contributed by atoms with Gasteiger partial charge in [0.1, 0.15) is 0 Å². The summed E-state index contributed by atoms with van der Waals surface area (Å²) in [6.07, 6.45) is 0. The van der Waals surface area contributed by atoms with Crippen molar-refractivity contribution in [2.24, 2.45) is 0 Å². The number of alkyl halides is 16. The number of hydrogen-bond acceptors (Lipinski definition) is 0. The van der Waals surface area contributed by atoms with E-state index in [4.69, 9.17) is 0 Å². The van der Waals surface area contributed by atoms with Gasteiger partial charge in [-0.2, -0.15) is 61.5 Å². The average Bonchev–Trinajstić information content (AvgIpc) is 2.47. The summed E-state index contributed by atoms with van der Waals surface area (Å²) < 4.78 is 211. The molecule has 0 radical (unpaired) electrons. The van der Waals surface area contributed by atoms with E-state index in [9.17, 15) is 70.2 Å². The Balaban J connectivity index is 3.15. The summed E-state index contributed by atoms with van der Waals surface area (Å²) in [6, 6.07) is 0. The zero-order valence-electron chi connectivity index (χ0n) is 10.5. The monoisotopic (exact) mass is 412 g/mol. The molecular formula is C9F16. The van der Waals surface area contributed by atoms with Crippen LogP contribution in [0.5, 0.6) is 0 Å². The quantitative estimate of drug-likeness (QED) is 0.498. The van der Waals surface area contributed by atoms with Crippen LogP contribution in [0.2, 0.25) is 0 Å². The van der Waals surface area contributed by atoms with Crippen molar-refractivity contribution in [2.45, 2.75) is 52.8 Å². The summed E-state index contributed by atoms with van der Waals surface area (Å²) in [5.41, 5.74) is -16.2. The second-order valence-electron chi connectivity index (χ2n) is 5.34. The predicted molar refractivity (Wildman–Crippen MR) is 42.3 cm³/mol. The molecule has 0 aliphatic heterocycles. The van der Waals surface area contributed by atoms with Gasteiger partial charge in [-0.25, -0.2) is 8.78 Å². The molecule has 2 atom stereocenters. The van der Waals surface area contributed by atoms with E-state index in [-0.39, 0.29) is 0 Å². The fourth-order valence-corrected chi connectivity index (χ4v) is 2.72. The van der Waals surface area contributed by atoms with Gasteiger partial charge in [0.25, 0.3) is 11.3 Å². The van der Waals surface area contributed by atoms with Crippen LogP contribution >= 0.6 is 0 Å². The van der Waals surface area contributed by atoms with Crippen LogP contribution in [0.1, 0.15) is 0 Å². The molecule has 0 amide bonds. The number of rotatable bonds is 0. The highest BCUT2D eigenvalue weighted by molar-refractivity contribution is 5.43. The van der Waals surface area contributed by atoms with E-state index in [1.54, 1.807) is 0 Å².